The quantitative estimate of drug-likeness (QED) is 0.634. The van der Waals surface area contributed by atoms with E-state index in [4.69, 9.17) is 18.9 Å². The van der Waals surface area contributed by atoms with E-state index in [-0.39, 0.29) is 12.3 Å². The average Bonchev–Trinajstić information content (AvgIpc) is 2.67. The Morgan fingerprint density at radius 3 is 2.69 bits per heavy atom. The second-order valence-electron chi connectivity index (χ2n) is 5.56. The molecule has 1 aliphatic heterocycles. The van der Waals surface area contributed by atoms with Gasteiger partial charge in [0.15, 0.2) is 11.5 Å². The molecule has 1 amide bonds. The summed E-state index contributed by atoms with van der Waals surface area (Å²) in [5.74, 6) is 2.43. The van der Waals surface area contributed by atoms with Crippen molar-refractivity contribution in [1.82, 2.24) is 5.43 Å². The van der Waals surface area contributed by atoms with E-state index in [0.717, 1.165) is 5.56 Å². The molecule has 0 saturated carbocycles. The van der Waals surface area contributed by atoms with Gasteiger partial charge in [-0.2, -0.15) is 5.10 Å². The van der Waals surface area contributed by atoms with Crippen LogP contribution in [0.1, 0.15) is 11.1 Å². The summed E-state index contributed by atoms with van der Waals surface area (Å²) < 4.78 is 21.4. The molecule has 0 bridgehead atoms. The maximum Gasteiger partial charge on any atom is 0.244 e. The van der Waals surface area contributed by atoms with Gasteiger partial charge in [-0.25, -0.2) is 5.43 Å². The van der Waals surface area contributed by atoms with E-state index in [2.05, 4.69) is 10.5 Å². The van der Waals surface area contributed by atoms with Crippen molar-refractivity contribution in [2.75, 3.05) is 27.4 Å². The number of hydrogen-bond donors (Lipinski definition) is 1. The van der Waals surface area contributed by atoms with Crippen molar-refractivity contribution in [3.8, 4) is 23.0 Å². The highest BCUT2D eigenvalue weighted by Crippen LogP contribution is 2.30. The highest BCUT2D eigenvalue weighted by Gasteiger charge is 2.13. The van der Waals surface area contributed by atoms with E-state index >= 15 is 0 Å². The number of fused-ring (bicyclic) bond motifs is 1. The Hall–Kier alpha value is -3.22. The number of ether oxygens (including phenoxy) is 4. The highest BCUT2D eigenvalue weighted by molar-refractivity contribution is 5.86. The second-order valence-corrected chi connectivity index (χ2v) is 5.56. The number of nitrogens with one attached hydrogen (secondary N) is 1. The monoisotopic (exact) mass is 356 g/mol. The fourth-order valence-corrected chi connectivity index (χ4v) is 2.54. The van der Waals surface area contributed by atoms with E-state index in [9.17, 15) is 4.79 Å². The number of nitrogens with zero attached hydrogens (tertiary/aromatic N) is 1. The lowest BCUT2D eigenvalue weighted by Crippen LogP contribution is -2.20. The standard InChI is InChI=1S/C19H20N2O5/c1-23-15-4-6-16(24-2)14(11-15)12-20-21-19(22)10-13-3-5-17-18(9-13)26-8-7-25-17/h3-6,9,11-12H,7-8,10H2,1-2H3,(H,21,22)/b20-12+. The molecular weight excluding hydrogens is 336 g/mol. The fraction of sp³-hybridized carbons (Fsp3) is 0.263. The molecule has 136 valence electrons. The Bertz CT molecular complexity index is 820. The molecule has 0 saturated heterocycles. The van der Waals surface area contributed by atoms with Gasteiger partial charge in [-0.05, 0) is 35.9 Å². The molecule has 0 aliphatic carbocycles. The summed E-state index contributed by atoms with van der Waals surface area (Å²) in [6.07, 6.45) is 1.70. The first-order chi connectivity index (χ1) is 12.7. The number of hydrogen-bond acceptors (Lipinski definition) is 6. The van der Waals surface area contributed by atoms with Crippen LogP contribution in [0.5, 0.6) is 23.0 Å². The lowest BCUT2D eigenvalue weighted by atomic mass is 10.1. The molecule has 7 heteroatoms. The van der Waals surface area contributed by atoms with E-state index in [1.165, 1.54) is 6.21 Å². The first kappa shape index (κ1) is 17.6. The molecule has 7 nitrogen and oxygen atoms in total. The van der Waals surface area contributed by atoms with Crippen molar-refractivity contribution in [3.05, 3.63) is 47.5 Å². The van der Waals surface area contributed by atoms with Gasteiger partial charge in [0, 0.05) is 5.56 Å². The van der Waals surface area contributed by atoms with Crippen LogP contribution >= 0.6 is 0 Å². The van der Waals surface area contributed by atoms with Crippen LogP contribution in [0.2, 0.25) is 0 Å². The fourth-order valence-electron chi connectivity index (χ4n) is 2.54. The molecule has 26 heavy (non-hydrogen) atoms. The van der Waals surface area contributed by atoms with Crippen LogP contribution in [0, 0.1) is 0 Å². The second kappa shape index (κ2) is 8.24. The van der Waals surface area contributed by atoms with Crippen LogP contribution in [0.4, 0.5) is 0 Å². The van der Waals surface area contributed by atoms with Crippen molar-refractivity contribution in [3.63, 3.8) is 0 Å². The molecule has 0 unspecified atom stereocenters. The predicted octanol–water partition coefficient (Wildman–Crippen LogP) is 2.17. The predicted molar refractivity (Wildman–Crippen MR) is 96.4 cm³/mol. The number of methoxy groups -OCH3 is 2. The van der Waals surface area contributed by atoms with Crippen LogP contribution in [-0.4, -0.2) is 39.6 Å². The van der Waals surface area contributed by atoms with Gasteiger partial charge in [0.1, 0.15) is 24.7 Å². The Kier molecular flexibility index (Phi) is 5.58. The maximum absolute atomic E-state index is 12.1. The minimum Gasteiger partial charge on any atom is -0.497 e. The maximum atomic E-state index is 12.1. The molecular formula is C19H20N2O5. The summed E-state index contributed by atoms with van der Waals surface area (Å²) in [6.45, 7) is 1.05. The largest absolute Gasteiger partial charge is 0.497 e. The van der Waals surface area contributed by atoms with Gasteiger partial charge in [0.05, 0.1) is 26.9 Å². The first-order valence-corrected chi connectivity index (χ1v) is 8.12. The Morgan fingerprint density at radius 1 is 1.12 bits per heavy atom. The molecule has 0 fully saturated rings. The van der Waals surface area contributed by atoms with Gasteiger partial charge in [-0.3, -0.25) is 4.79 Å². The summed E-state index contributed by atoms with van der Waals surface area (Å²) >= 11 is 0. The number of hydrazone groups is 1. The summed E-state index contributed by atoms with van der Waals surface area (Å²) in [6, 6.07) is 10.8. The van der Waals surface area contributed by atoms with E-state index < -0.39 is 0 Å². The van der Waals surface area contributed by atoms with Gasteiger partial charge < -0.3 is 18.9 Å². The Morgan fingerprint density at radius 2 is 1.92 bits per heavy atom. The highest BCUT2D eigenvalue weighted by atomic mass is 16.6. The Labute approximate surface area is 151 Å². The van der Waals surface area contributed by atoms with E-state index in [1.807, 2.05) is 18.2 Å². The summed E-state index contributed by atoms with van der Waals surface area (Å²) in [5.41, 5.74) is 4.03. The third-order valence-electron chi connectivity index (χ3n) is 3.80. The number of benzene rings is 2. The van der Waals surface area contributed by atoms with Crippen LogP contribution in [0.25, 0.3) is 0 Å². The summed E-state index contributed by atoms with van der Waals surface area (Å²) in [4.78, 5) is 12.1. The molecule has 0 spiro atoms. The van der Waals surface area contributed by atoms with Crippen molar-refractivity contribution in [1.29, 1.82) is 0 Å². The van der Waals surface area contributed by atoms with Crippen molar-refractivity contribution >= 4 is 12.1 Å². The zero-order chi connectivity index (χ0) is 18.4. The van der Waals surface area contributed by atoms with Crippen LogP contribution < -0.4 is 24.4 Å². The number of amides is 1. The van der Waals surface area contributed by atoms with Gasteiger partial charge >= 0.3 is 0 Å². The van der Waals surface area contributed by atoms with Crippen LogP contribution in [-0.2, 0) is 11.2 Å². The molecule has 0 atom stereocenters. The lowest BCUT2D eigenvalue weighted by Gasteiger charge is -2.18. The SMILES string of the molecule is COc1ccc(OC)c(/C=N/NC(=O)Cc2ccc3c(c2)OCCO3)c1. The molecule has 0 aromatic heterocycles. The molecule has 2 aromatic carbocycles. The zero-order valence-corrected chi connectivity index (χ0v) is 14.7. The van der Waals surface area contributed by atoms with Crippen LogP contribution in [0.3, 0.4) is 0 Å². The van der Waals surface area contributed by atoms with Gasteiger partial charge in [0.2, 0.25) is 5.91 Å². The van der Waals surface area contributed by atoms with Gasteiger partial charge in [-0.1, -0.05) is 6.07 Å². The molecule has 1 aliphatic rings. The first-order valence-electron chi connectivity index (χ1n) is 8.12. The van der Waals surface area contributed by atoms with Gasteiger partial charge in [0.25, 0.3) is 0 Å². The lowest BCUT2D eigenvalue weighted by molar-refractivity contribution is -0.120. The molecule has 3 rings (SSSR count). The zero-order valence-electron chi connectivity index (χ0n) is 14.7. The average molecular weight is 356 g/mol. The molecule has 2 aromatic rings. The topological polar surface area (TPSA) is 78.4 Å². The van der Waals surface area contributed by atoms with Gasteiger partial charge in [-0.15, -0.1) is 0 Å². The number of rotatable bonds is 6. The minimum absolute atomic E-state index is 0.184. The third kappa shape index (κ3) is 4.24. The summed E-state index contributed by atoms with van der Waals surface area (Å²) in [5, 5.41) is 3.99. The number of carbonyl (C=O) groups excluding carboxylic acids is 1. The molecule has 1 N–H and O–H groups in total. The van der Waals surface area contributed by atoms with E-state index in [0.29, 0.717) is 41.8 Å². The minimum atomic E-state index is -0.236. The third-order valence-corrected chi connectivity index (χ3v) is 3.80. The smallest absolute Gasteiger partial charge is 0.244 e. The van der Waals surface area contributed by atoms with Crippen molar-refractivity contribution < 1.29 is 23.7 Å². The van der Waals surface area contributed by atoms with Crippen molar-refractivity contribution in [2.24, 2.45) is 5.10 Å². The number of carbonyl (C=O) groups is 1. The molecule has 1 heterocycles. The summed E-state index contributed by atoms with van der Waals surface area (Å²) in [7, 11) is 3.15. The van der Waals surface area contributed by atoms with Crippen LogP contribution in [0.15, 0.2) is 41.5 Å². The van der Waals surface area contributed by atoms with E-state index in [1.54, 1.807) is 32.4 Å². The van der Waals surface area contributed by atoms with Crippen molar-refractivity contribution in [2.45, 2.75) is 6.42 Å². The molecule has 0 radical (unpaired) electrons. The normalized spacial score (nSPS) is 12.7. The Balaban J connectivity index is 1.61.